The number of rotatable bonds is 3. The predicted molar refractivity (Wildman–Crippen MR) is 69.4 cm³/mol. The van der Waals surface area contributed by atoms with Crippen molar-refractivity contribution < 1.29 is 34.8 Å². The van der Waals surface area contributed by atoms with Gasteiger partial charge in [0.15, 0.2) is 0 Å². The number of carbonyl (C=O) groups excluding carboxylic acids is 2. The van der Waals surface area contributed by atoms with Crippen LogP contribution in [0.25, 0.3) is 0 Å². The Balaban J connectivity index is -0.0000000530. The van der Waals surface area contributed by atoms with Gasteiger partial charge in [0.2, 0.25) is 0 Å². The van der Waals surface area contributed by atoms with E-state index in [0.29, 0.717) is 0 Å². The average Bonchev–Trinajstić information content (AvgIpc) is 3.08. The third-order valence-electron chi connectivity index (χ3n) is 2.92. The van der Waals surface area contributed by atoms with E-state index in [2.05, 4.69) is 34.3 Å². The minimum atomic E-state index is 0. The Kier molecular flexibility index (Phi) is 44.3. The first-order valence-electron chi connectivity index (χ1n) is 5.26. The monoisotopic (exact) mass is 424 g/mol. The molecule has 17 heavy (non-hydrogen) atoms. The number of hydrogen-bond donors (Lipinski definition) is 1. The summed E-state index contributed by atoms with van der Waals surface area (Å²) in [5, 5.41) is 7.00. The molecule has 106 valence electrons. The zero-order valence-corrected chi connectivity index (χ0v) is 14.0. The first kappa shape index (κ1) is 30.2. The molecule has 1 rings (SSSR count). The fourth-order valence-corrected chi connectivity index (χ4v) is 2.34. The van der Waals surface area contributed by atoms with Crippen molar-refractivity contribution in [1.29, 1.82) is 0 Å². The molecule has 3 nitrogen and oxygen atoms in total. The zero-order valence-electron chi connectivity index (χ0n) is 11.6. The van der Waals surface area contributed by atoms with Crippen LogP contribution < -0.4 is 0 Å². The summed E-state index contributed by atoms with van der Waals surface area (Å²) in [5.74, 6) is 3.29. The van der Waals surface area contributed by atoms with Crippen LogP contribution in [0.2, 0.25) is 0 Å². The van der Waals surface area contributed by atoms with Crippen LogP contribution in [0.4, 0.5) is 0 Å². The standard InChI is InChI=1S/C9H18.CH4O.2CHO.CH3.Ir/c1-4-7-8(5-2)9(7)6-3;3*1-2;;/h7-9H,4-6H2,1-3H3;2H,1H3;2*1H;1H3;/q;;3*-1;+3. The maximum absolute atomic E-state index is 7.75. The van der Waals surface area contributed by atoms with Gasteiger partial charge in [-0.25, -0.2) is 0 Å². The maximum Gasteiger partial charge on any atom is 3.00 e. The maximum atomic E-state index is 7.75. The van der Waals surface area contributed by atoms with E-state index in [0.717, 1.165) is 24.9 Å². The van der Waals surface area contributed by atoms with E-state index in [1.165, 1.54) is 19.3 Å². The van der Waals surface area contributed by atoms with Crippen molar-refractivity contribution in [3.05, 3.63) is 7.43 Å². The van der Waals surface area contributed by atoms with Crippen LogP contribution in [0.1, 0.15) is 40.0 Å². The van der Waals surface area contributed by atoms with Gasteiger partial charge in [0.1, 0.15) is 0 Å². The summed E-state index contributed by atoms with van der Waals surface area (Å²) in [6.45, 7) is 13.5. The van der Waals surface area contributed by atoms with Crippen LogP contribution in [-0.4, -0.2) is 25.8 Å². The van der Waals surface area contributed by atoms with Gasteiger partial charge < -0.3 is 22.1 Å². The summed E-state index contributed by atoms with van der Waals surface area (Å²) in [6.07, 6.45) is 4.24. The van der Waals surface area contributed by atoms with E-state index in [1.54, 1.807) is 0 Å². The largest absolute Gasteiger partial charge is 3.00 e. The van der Waals surface area contributed by atoms with Crippen molar-refractivity contribution in [2.45, 2.75) is 40.0 Å². The topological polar surface area (TPSA) is 54.4 Å². The Morgan fingerprint density at radius 2 is 0.882 bits per heavy atom. The molecule has 0 aromatic heterocycles. The minimum absolute atomic E-state index is 0. The molecule has 0 saturated heterocycles. The molecule has 0 radical (unpaired) electrons. The Bertz CT molecular complexity index is 96.2. The van der Waals surface area contributed by atoms with Crippen molar-refractivity contribution in [3.8, 4) is 0 Å². The second kappa shape index (κ2) is 25.0. The zero-order chi connectivity index (χ0) is 12.9. The molecule has 0 atom stereocenters. The van der Waals surface area contributed by atoms with Gasteiger partial charge in [-0.05, 0) is 17.8 Å². The molecule has 0 amide bonds. The van der Waals surface area contributed by atoms with Gasteiger partial charge in [-0.3, -0.25) is 13.6 Å². The molecular formula is C13H27IrO3. The molecule has 1 saturated carbocycles. The Labute approximate surface area is 121 Å². The molecule has 0 bridgehead atoms. The number of hydrogen-bond acceptors (Lipinski definition) is 3. The SMILES string of the molecule is CCC1C(CC)C1CC.CO.[CH-]=O.[CH-]=O.[CH3-].[Ir+3]. The van der Waals surface area contributed by atoms with Crippen LogP contribution in [0.3, 0.4) is 0 Å². The summed E-state index contributed by atoms with van der Waals surface area (Å²) in [7, 11) is 1.00. The molecule has 4 heteroatoms. The predicted octanol–water partition coefficient (Wildman–Crippen LogP) is 2.59. The number of aliphatic hydroxyl groups is 1. The number of aliphatic hydroxyl groups excluding tert-OH is 1. The molecule has 0 spiro atoms. The first-order valence-corrected chi connectivity index (χ1v) is 5.26. The van der Waals surface area contributed by atoms with Gasteiger partial charge in [0, 0.05) is 7.11 Å². The van der Waals surface area contributed by atoms with E-state index < -0.39 is 0 Å². The molecule has 0 aromatic rings. The van der Waals surface area contributed by atoms with Crippen LogP contribution in [-0.2, 0) is 29.7 Å². The molecule has 1 fully saturated rings. The van der Waals surface area contributed by atoms with Crippen molar-refractivity contribution >= 4 is 13.6 Å². The summed E-state index contributed by atoms with van der Waals surface area (Å²) in [5.41, 5.74) is 0. The van der Waals surface area contributed by atoms with E-state index in [1.807, 2.05) is 0 Å². The van der Waals surface area contributed by atoms with Gasteiger partial charge in [-0.2, -0.15) is 0 Å². The molecule has 1 aliphatic carbocycles. The van der Waals surface area contributed by atoms with E-state index >= 15 is 0 Å². The van der Waals surface area contributed by atoms with Gasteiger partial charge in [-0.1, -0.05) is 40.0 Å². The molecule has 1 N–H and O–H groups in total. The fraction of sp³-hybridized carbons (Fsp3) is 0.769. The van der Waals surface area contributed by atoms with Crippen LogP contribution >= 0.6 is 0 Å². The summed E-state index contributed by atoms with van der Waals surface area (Å²) < 4.78 is 0. The van der Waals surface area contributed by atoms with Gasteiger partial charge in [0.25, 0.3) is 0 Å². The third-order valence-corrected chi connectivity index (χ3v) is 2.92. The van der Waals surface area contributed by atoms with Crippen molar-refractivity contribution in [2.24, 2.45) is 17.8 Å². The summed E-state index contributed by atoms with van der Waals surface area (Å²) in [6, 6.07) is 0. The summed E-state index contributed by atoms with van der Waals surface area (Å²) >= 11 is 0. The van der Waals surface area contributed by atoms with Crippen LogP contribution in [0.15, 0.2) is 0 Å². The van der Waals surface area contributed by atoms with E-state index in [4.69, 9.17) is 14.7 Å². The first-order chi connectivity index (χ1) is 7.35. The smallest absolute Gasteiger partial charge is 0.545 e. The Morgan fingerprint density at radius 3 is 0.941 bits per heavy atom. The average molecular weight is 424 g/mol. The second-order valence-corrected chi connectivity index (χ2v) is 3.22. The van der Waals surface area contributed by atoms with Crippen molar-refractivity contribution in [2.75, 3.05) is 7.11 Å². The summed E-state index contributed by atoms with van der Waals surface area (Å²) in [4.78, 5) is 15.5. The van der Waals surface area contributed by atoms with Gasteiger partial charge in [0.05, 0.1) is 0 Å². The molecule has 0 heterocycles. The van der Waals surface area contributed by atoms with Gasteiger partial charge in [-0.15, -0.1) is 0 Å². The van der Waals surface area contributed by atoms with Crippen LogP contribution in [0.5, 0.6) is 0 Å². The Hall–Kier alpha value is -0.0506. The van der Waals surface area contributed by atoms with E-state index in [9.17, 15) is 0 Å². The van der Waals surface area contributed by atoms with Crippen LogP contribution in [0, 0.1) is 25.2 Å². The van der Waals surface area contributed by atoms with E-state index in [-0.39, 0.29) is 27.5 Å². The third kappa shape index (κ3) is 12.2. The molecule has 0 unspecified atom stereocenters. The fourth-order valence-electron chi connectivity index (χ4n) is 2.34. The van der Waals surface area contributed by atoms with Crippen molar-refractivity contribution in [1.82, 2.24) is 0 Å². The molecule has 0 aliphatic heterocycles. The minimum Gasteiger partial charge on any atom is -0.545 e. The quantitative estimate of drug-likeness (QED) is 0.561. The normalized spacial score (nSPS) is 22.5. The van der Waals surface area contributed by atoms with Gasteiger partial charge >= 0.3 is 20.1 Å². The molecule has 0 aromatic carbocycles. The second-order valence-electron chi connectivity index (χ2n) is 3.22. The van der Waals surface area contributed by atoms with Crippen molar-refractivity contribution in [3.63, 3.8) is 0 Å². The Morgan fingerprint density at radius 1 is 0.765 bits per heavy atom. The molecular weight excluding hydrogens is 396 g/mol. The molecule has 1 aliphatic rings.